The zero-order chi connectivity index (χ0) is 27.3. The number of para-hydroxylation sites is 1. The molecule has 1 aromatic carbocycles. The fourth-order valence-electron chi connectivity index (χ4n) is 6.36. The van der Waals surface area contributed by atoms with E-state index in [1.165, 1.54) is 18.2 Å². The van der Waals surface area contributed by atoms with Crippen molar-refractivity contribution in [2.24, 2.45) is 0 Å². The maximum Gasteiger partial charge on any atom is 0.254 e. The van der Waals surface area contributed by atoms with Crippen LogP contribution in [0.5, 0.6) is 0 Å². The van der Waals surface area contributed by atoms with Crippen LogP contribution in [0.15, 0.2) is 40.0 Å². The van der Waals surface area contributed by atoms with Gasteiger partial charge in [-0.15, -0.1) is 11.8 Å². The maximum absolute atomic E-state index is 13.6. The van der Waals surface area contributed by atoms with Crippen LogP contribution in [-0.2, 0) is 20.8 Å². The summed E-state index contributed by atoms with van der Waals surface area (Å²) in [6.45, 7) is 9.95. The molecule has 208 valence electrons. The number of likely N-dealkylation sites (tertiary alicyclic amines) is 1. The SMILES string of the molecule is CSc1cc(C)[nH]c(=O)c1CNC(=O)c1c(C)n([C@H](C)C2OCC(N3CCC34COC4)CO2)c2ccccc12. The van der Waals surface area contributed by atoms with Crippen LogP contribution in [0.25, 0.3) is 10.9 Å². The number of ether oxygens (including phenoxy) is 3. The molecule has 1 amide bonds. The lowest BCUT2D eigenvalue weighted by atomic mass is 9.81. The summed E-state index contributed by atoms with van der Waals surface area (Å²) in [5.41, 5.74) is 3.78. The summed E-state index contributed by atoms with van der Waals surface area (Å²) >= 11 is 1.50. The molecule has 3 aromatic rings. The van der Waals surface area contributed by atoms with Crippen molar-refractivity contribution in [2.45, 2.75) is 62.5 Å². The highest BCUT2D eigenvalue weighted by Gasteiger charge is 2.54. The molecule has 1 atom stereocenters. The number of benzene rings is 1. The van der Waals surface area contributed by atoms with Crippen LogP contribution >= 0.6 is 11.8 Å². The minimum Gasteiger partial charge on any atom is -0.377 e. The Balaban J connectivity index is 1.21. The molecule has 3 aliphatic rings. The number of pyridine rings is 1. The summed E-state index contributed by atoms with van der Waals surface area (Å²) in [6, 6.07) is 9.95. The van der Waals surface area contributed by atoms with Crippen LogP contribution in [0.1, 0.15) is 46.7 Å². The molecular formula is C29H36N4O5S. The van der Waals surface area contributed by atoms with Crippen molar-refractivity contribution in [3.63, 3.8) is 0 Å². The standard InChI is InChI=1S/C29H36N4O5S/c1-17-11-24(39-4)22(26(34)31-17)12-30-27(35)25-18(2)33(23-8-6-5-7-21(23)25)19(3)28-37-13-20(14-38-28)32-10-9-29(32)15-36-16-29/h5-8,11,19-20,28H,9-10,12-16H2,1-4H3,(H,30,35)(H,31,34)/t19-,20?,28?/m1/s1. The first-order valence-corrected chi connectivity index (χ1v) is 14.8. The second-order valence-electron chi connectivity index (χ2n) is 10.9. The Kier molecular flexibility index (Phi) is 7.09. The van der Waals surface area contributed by atoms with Crippen LogP contribution < -0.4 is 10.9 Å². The number of nitrogens with zero attached hydrogens (tertiary/aromatic N) is 2. The van der Waals surface area contributed by atoms with E-state index in [1.807, 2.05) is 50.4 Å². The van der Waals surface area contributed by atoms with Crippen molar-refractivity contribution in [1.29, 1.82) is 0 Å². The predicted octanol–water partition coefficient (Wildman–Crippen LogP) is 3.38. The van der Waals surface area contributed by atoms with Gasteiger partial charge < -0.3 is 29.1 Å². The highest BCUT2D eigenvalue weighted by atomic mass is 32.2. The molecule has 39 heavy (non-hydrogen) atoms. The van der Waals surface area contributed by atoms with Crippen molar-refractivity contribution >= 4 is 28.6 Å². The summed E-state index contributed by atoms with van der Waals surface area (Å²) in [5, 5.41) is 3.87. The van der Waals surface area contributed by atoms with Crippen LogP contribution in [-0.4, -0.2) is 77.5 Å². The van der Waals surface area contributed by atoms with Crippen molar-refractivity contribution in [1.82, 2.24) is 19.8 Å². The number of aromatic amines is 1. The van der Waals surface area contributed by atoms with E-state index < -0.39 is 6.29 Å². The fourth-order valence-corrected chi connectivity index (χ4v) is 7.06. The van der Waals surface area contributed by atoms with Gasteiger partial charge >= 0.3 is 0 Å². The molecule has 3 fully saturated rings. The second-order valence-corrected chi connectivity index (χ2v) is 11.8. The van der Waals surface area contributed by atoms with Crippen LogP contribution in [0, 0.1) is 13.8 Å². The van der Waals surface area contributed by atoms with E-state index in [9.17, 15) is 9.59 Å². The van der Waals surface area contributed by atoms with Gasteiger partial charge in [-0.05, 0) is 45.6 Å². The van der Waals surface area contributed by atoms with Gasteiger partial charge in [0.15, 0.2) is 6.29 Å². The van der Waals surface area contributed by atoms with E-state index in [1.54, 1.807) is 0 Å². The van der Waals surface area contributed by atoms with Crippen molar-refractivity contribution in [3.05, 3.63) is 63.2 Å². The van der Waals surface area contributed by atoms with Gasteiger partial charge in [0.05, 0.1) is 49.6 Å². The lowest BCUT2D eigenvalue weighted by Crippen LogP contribution is -2.74. The first kappa shape index (κ1) is 26.6. The summed E-state index contributed by atoms with van der Waals surface area (Å²) in [4.78, 5) is 32.4. The molecule has 0 aliphatic carbocycles. The number of thioether (sulfide) groups is 1. The Bertz CT molecular complexity index is 1450. The van der Waals surface area contributed by atoms with E-state index in [-0.39, 0.29) is 35.6 Å². The molecule has 5 heterocycles. The number of nitrogens with one attached hydrogen (secondary N) is 2. The molecule has 0 radical (unpaired) electrons. The predicted molar refractivity (Wildman–Crippen MR) is 150 cm³/mol. The summed E-state index contributed by atoms with van der Waals surface area (Å²) in [7, 11) is 0. The van der Waals surface area contributed by atoms with Crippen molar-refractivity contribution in [2.75, 3.05) is 39.2 Å². The molecule has 3 aliphatic heterocycles. The number of hydrogen-bond donors (Lipinski definition) is 2. The van der Waals surface area contributed by atoms with Gasteiger partial charge in [-0.3, -0.25) is 14.5 Å². The van der Waals surface area contributed by atoms with Gasteiger partial charge in [0.2, 0.25) is 0 Å². The fraction of sp³-hybridized carbons (Fsp3) is 0.517. The quantitative estimate of drug-likeness (QED) is 0.434. The first-order chi connectivity index (χ1) is 18.8. The second kappa shape index (κ2) is 10.4. The van der Waals surface area contributed by atoms with E-state index >= 15 is 0 Å². The normalized spacial score (nSPS) is 23.4. The molecule has 3 saturated heterocycles. The first-order valence-electron chi connectivity index (χ1n) is 13.5. The molecular weight excluding hydrogens is 516 g/mol. The topological polar surface area (TPSA) is 97.8 Å². The minimum absolute atomic E-state index is 0.141. The van der Waals surface area contributed by atoms with Crippen molar-refractivity contribution < 1.29 is 19.0 Å². The van der Waals surface area contributed by atoms with Gasteiger partial charge in [-0.25, -0.2) is 0 Å². The number of fused-ring (bicyclic) bond motifs is 1. The summed E-state index contributed by atoms with van der Waals surface area (Å²) < 4.78 is 20.2. The molecule has 1 spiro atoms. The Morgan fingerprint density at radius 1 is 1.23 bits per heavy atom. The zero-order valence-corrected chi connectivity index (χ0v) is 23.7. The highest BCUT2D eigenvalue weighted by Crippen LogP contribution is 2.40. The number of aromatic nitrogens is 2. The largest absolute Gasteiger partial charge is 0.377 e. The summed E-state index contributed by atoms with van der Waals surface area (Å²) in [6.07, 6.45) is 2.69. The third kappa shape index (κ3) is 4.52. The number of aryl methyl sites for hydroxylation is 1. The zero-order valence-electron chi connectivity index (χ0n) is 22.9. The van der Waals surface area contributed by atoms with Crippen LogP contribution in [0.4, 0.5) is 0 Å². The van der Waals surface area contributed by atoms with Crippen molar-refractivity contribution in [3.8, 4) is 0 Å². The van der Waals surface area contributed by atoms with Gasteiger partial charge in [-0.1, -0.05) is 18.2 Å². The van der Waals surface area contributed by atoms with Crippen LogP contribution in [0.3, 0.4) is 0 Å². The molecule has 0 bridgehead atoms. The monoisotopic (exact) mass is 552 g/mol. The van der Waals surface area contributed by atoms with Gasteiger partial charge in [0, 0.05) is 45.8 Å². The van der Waals surface area contributed by atoms with Crippen LogP contribution in [0.2, 0.25) is 0 Å². The summed E-state index contributed by atoms with van der Waals surface area (Å²) in [5.74, 6) is -0.210. The van der Waals surface area contributed by atoms with E-state index in [2.05, 4.69) is 26.7 Å². The number of carbonyl (C=O) groups excluding carboxylic acids is 1. The van der Waals surface area contributed by atoms with E-state index in [4.69, 9.17) is 14.2 Å². The van der Waals surface area contributed by atoms with E-state index in [0.717, 1.165) is 46.9 Å². The molecule has 9 nitrogen and oxygen atoms in total. The number of carbonyl (C=O) groups is 1. The molecule has 2 aromatic heterocycles. The smallest absolute Gasteiger partial charge is 0.254 e. The minimum atomic E-state index is -0.420. The molecule has 6 rings (SSSR count). The lowest BCUT2D eigenvalue weighted by molar-refractivity contribution is -0.267. The molecule has 2 N–H and O–H groups in total. The Hall–Kier alpha value is -2.63. The number of hydrogen-bond acceptors (Lipinski definition) is 7. The van der Waals surface area contributed by atoms with Gasteiger partial charge in [0.25, 0.3) is 11.5 Å². The highest BCUT2D eigenvalue weighted by molar-refractivity contribution is 7.98. The molecule has 10 heteroatoms. The van der Waals surface area contributed by atoms with Gasteiger partial charge in [-0.2, -0.15) is 0 Å². The average Bonchev–Trinajstić information content (AvgIpc) is 3.17. The van der Waals surface area contributed by atoms with Gasteiger partial charge in [0.1, 0.15) is 0 Å². The maximum atomic E-state index is 13.6. The van der Waals surface area contributed by atoms with E-state index in [0.29, 0.717) is 24.3 Å². The number of amides is 1. The third-order valence-electron chi connectivity index (χ3n) is 8.58. The molecule has 0 saturated carbocycles. The molecule has 0 unspecified atom stereocenters. The number of rotatable bonds is 7. The lowest BCUT2D eigenvalue weighted by Gasteiger charge is -2.60. The third-order valence-corrected chi connectivity index (χ3v) is 9.38. The Labute approximate surface area is 232 Å². The number of H-pyrrole nitrogens is 1. The Morgan fingerprint density at radius 2 is 1.97 bits per heavy atom. The average molecular weight is 553 g/mol. The Morgan fingerprint density at radius 3 is 2.62 bits per heavy atom.